The quantitative estimate of drug-likeness (QED) is 0.661. The Morgan fingerprint density at radius 3 is 1.56 bits per heavy atom. The second kappa shape index (κ2) is 7.01. The summed E-state index contributed by atoms with van der Waals surface area (Å²) >= 11 is 0. The van der Waals surface area contributed by atoms with E-state index in [4.69, 9.17) is 0 Å². The fourth-order valence-corrected chi connectivity index (χ4v) is 1.51. The summed E-state index contributed by atoms with van der Waals surface area (Å²) in [6.45, 7) is 5.45. The van der Waals surface area contributed by atoms with Gasteiger partial charge >= 0.3 is 0 Å². The van der Waals surface area contributed by atoms with Crippen molar-refractivity contribution in [2.24, 2.45) is 0 Å². The van der Waals surface area contributed by atoms with Crippen molar-refractivity contribution in [2.45, 2.75) is 6.92 Å². The molecule has 0 spiro atoms. The predicted octanol–water partition coefficient (Wildman–Crippen LogP) is 1.47. The third-order valence-corrected chi connectivity index (χ3v) is 2.62. The summed E-state index contributed by atoms with van der Waals surface area (Å²) in [6, 6.07) is 12.0. The first-order valence-corrected chi connectivity index (χ1v) is 5.64. The molecule has 1 aliphatic heterocycles. The summed E-state index contributed by atoms with van der Waals surface area (Å²) in [6.07, 6.45) is 0. The minimum Gasteiger partial charge on any atom is -0.340 e. The van der Waals surface area contributed by atoms with Crippen LogP contribution in [-0.2, 0) is 4.79 Å². The van der Waals surface area contributed by atoms with Crippen LogP contribution in [-0.4, -0.2) is 48.9 Å². The Morgan fingerprint density at radius 2 is 1.25 bits per heavy atom. The summed E-state index contributed by atoms with van der Waals surface area (Å²) in [4.78, 5) is 14.9. The van der Waals surface area contributed by atoms with Gasteiger partial charge in [-0.15, -0.1) is 0 Å². The summed E-state index contributed by atoms with van der Waals surface area (Å²) in [7, 11) is 2.08. The second-order valence-electron chi connectivity index (χ2n) is 3.96. The van der Waals surface area contributed by atoms with Gasteiger partial charge in [0.05, 0.1) is 0 Å². The van der Waals surface area contributed by atoms with Gasteiger partial charge in [0.25, 0.3) is 0 Å². The average Bonchev–Trinajstić information content (AvgIpc) is 2.32. The average molecular weight is 220 g/mol. The predicted molar refractivity (Wildman–Crippen MR) is 66.2 cm³/mol. The maximum absolute atomic E-state index is 10.8. The summed E-state index contributed by atoms with van der Waals surface area (Å²) in [5.74, 6) is 0.202. The Kier molecular flexibility index (Phi) is 5.57. The number of hydrogen-bond acceptors (Lipinski definition) is 2. The smallest absolute Gasteiger partial charge is 0.219 e. The summed E-state index contributed by atoms with van der Waals surface area (Å²) in [5.41, 5.74) is 0. The van der Waals surface area contributed by atoms with Gasteiger partial charge in [-0.2, -0.15) is 0 Å². The highest BCUT2D eigenvalue weighted by atomic mass is 16.2. The molecular formula is C13H20N2O. The van der Waals surface area contributed by atoms with Gasteiger partial charge in [0.1, 0.15) is 0 Å². The van der Waals surface area contributed by atoms with Gasteiger partial charge in [-0.1, -0.05) is 36.4 Å². The molecule has 3 nitrogen and oxygen atoms in total. The van der Waals surface area contributed by atoms with Gasteiger partial charge in [0.2, 0.25) is 5.91 Å². The molecule has 1 heterocycles. The molecule has 0 N–H and O–H groups in total. The first-order valence-electron chi connectivity index (χ1n) is 5.64. The number of likely N-dealkylation sites (N-methyl/N-ethyl adjacent to an activating group) is 1. The molecule has 0 aromatic heterocycles. The highest BCUT2D eigenvalue weighted by Gasteiger charge is 2.14. The molecule has 1 amide bonds. The van der Waals surface area contributed by atoms with E-state index in [0.717, 1.165) is 26.2 Å². The zero-order valence-electron chi connectivity index (χ0n) is 10.1. The number of rotatable bonds is 0. The molecule has 1 aromatic rings. The maximum atomic E-state index is 10.8. The molecule has 3 heteroatoms. The molecule has 0 aliphatic carbocycles. The van der Waals surface area contributed by atoms with E-state index in [1.165, 1.54) is 0 Å². The van der Waals surface area contributed by atoms with E-state index >= 15 is 0 Å². The van der Waals surface area contributed by atoms with E-state index in [1.54, 1.807) is 6.92 Å². The first-order chi connectivity index (χ1) is 7.70. The van der Waals surface area contributed by atoms with Crippen molar-refractivity contribution >= 4 is 5.91 Å². The van der Waals surface area contributed by atoms with Crippen molar-refractivity contribution in [3.8, 4) is 0 Å². The lowest BCUT2D eigenvalue weighted by Gasteiger charge is -2.31. The van der Waals surface area contributed by atoms with Crippen molar-refractivity contribution < 1.29 is 4.79 Å². The number of amides is 1. The molecule has 1 fully saturated rings. The number of carbonyl (C=O) groups excluding carboxylic acids is 1. The lowest BCUT2D eigenvalue weighted by Crippen LogP contribution is -2.46. The fourth-order valence-electron chi connectivity index (χ4n) is 1.51. The van der Waals surface area contributed by atoms with Crippen LogP contribution in [0.25, 0.3) is 0 Å². The van der Waals surface area contributed by atoms with E-state index in [-0.39, 0.29) is 5.91 Å². The van der Waals surface area contributed by atoms with Crippen LogP contribution >= 0.6 is 0 Å². The fraction of sp³-hybridized carbons (Fsp3) is 0.462. The lowest BCUT2D eigenvalue weighted by atomic mass is 10.3. The molecule has 0 bridgehead atoms. The van der Waals surface area contributed by atoms with Crippen molar-refractivity contribution in [2.75, 3.05) is 33.2 Å². The molecular weight excluding hydrogens is 200 g/mol. The van der Waals surface area contributed by atoms with Crippen molar-refractivity contribution in [3.05, 3.63) is 36.4 Å². The molecule has 88 valence electrons. The molecule has 1 aliphatic rings. The van der Waals surface area contributed by atoms with E-state index in [2.05, 4.69) is 11.9 Å². The molecule has 0 radical (unpaired) electrons. The van der Waals surface area contributed by atoms with Gasteiger partial charge in [0.15, 0.2) is 0 Å². The molecule has 0 saturated carbocycles. The number of carbonyl (C=O) groups is 1. The number of piperazine rings is 1. The van der Waals surface area contributed by atoms with Crippen LogP contribution < -0.4 is 0 Å². The third kappa shape index (κ3) is 4.94. The van der Waals surface area contributed by atoms with Gasteiger partial charge in [0, 0.05) is 33.1 Å². The Hall–Kier alpha value is -1.35. The highest BCUT2D eigenvalue weighted by molar-refractivity contribution is 5.73. The van der Waals surface area contributed by atoms with E-state index < -0.39 is 0 Å². The topological polar surface area (TPSA) is 23.6 Å². The summed E-state index contributed by atoms with van der Waals surface area (Å²) < 4.78 is 0. The van der Waals surface area contributed by atoms with Crippen LogP contribution in [0.3, 0.4) is 0 Å². The molecule has 0 unspecified atom stereocenters. The largest absolute Gasteiger partial charge is 0.340 e. The maximum Gasteiger partial charge on any atom is 0.219 e. The summed E-state index contributed by atoms with van der Waals surface area (Å²) in [5, 5.41) is 0. The number of hydrogen-bond donors (Lipinski definition) is 0. The molecule has 2 rings (SSSR count). The Bertz CT molecular complexity index is 265. The zero-order chi connectivity index (χ0) is 11.8. The van der Waals surface area contributed by atoms with E-state index in [0.29, 0.717) is 0 Å². The second-order valence-corrected chi connectivity index (χ2v) is 3.96. The number of benzene rings is 1. The van der Waals surface area contributed by atoms with Crippen LogP contribution in [0.15, 0.2) is 36.4 Å². The van der Waals surface area contributed by atoms with Crippen LogP contribution in [0.2, 0.25) is 0 Å². The Morgan fingerprint density at radius 1 is 0.875 bits per heavy atom. The van der Waals surface area contributed by atoms with Crippen LogP contribution in [0.4, 0.5) is 0 Å². The monoisotopic (exact) mass is 220 g/mol. The van der Waals surface area contributed by atoms with E-state index in [1.807, 2.05) is 41.3 Å². The van der Waals surface area contributed by atoms with Crippen molar-refractivity contribution in [1.29, 1.82) is 0 Å². The van der Waals surface area contributed by atoms with Gasteiger partial charge in [-0.3, -0.25) is 4.79 Å². The van der Waals surface area contributed by atoms with Crippen LogP contribution in [0, 0.1) is 0 Å². The molecule has 1 saturated heterocycles. The minimum absolute atomic E-state index is 0.202. The SMILES string of the molecule is CC(=O)N1CCN(C)CC1.c1ccccc1. The third-order valence-electron chi connectivity index (χ3n) is 2.62. The van der Waals surface area contributed by atoms with Crippen molar-refractivity contribution in [1.82, 2.24) is 9.80 Å². The highest BCUT2D eigenvalue weighted by Crippen LogP contribution is 1.98. The number of nitrogens with zero attached hydrogens (tertiary/aromatic N) is 2. The standard InChI is InChI=1S/C7H14N2O.C6H6/c1-7(10)9-5-3-8(2)4-6-9;1-2-4-6-5-3-1/h3-6H2,1-2H3;1-6H. The Labute approximate surface area is 97.7 Å². The molecule has 0 atom stereocenters. The lowest BCUT2D eigenvalue weighted by molar-refractivity contribution is -0.130. The normalized spacial score (nSPS) is 16.2. The van der Waals surface area contributed by atoms with E-state index in [9.17, 15) is 4.79 Å². The van der Waals surface area contributed by atoms with Gasteiger partial charge in [-0.25, -0.2) is 0 Å². The Balaban J connectivity index is 0.000000181. The first kappa shape index (κ1) is 12.7. The van der Waals surface area contributed by atoms with Crippen molar-refractivity contribution in [3.63, 3.8) is 0 Å². The molecule has 16 heavy (non-hydrogen) atoms. The van der Waals surface area contributed by atoms with Gasteiger partial charge < -0.3 is 9.80 Å². The zero-order valence-corrected chi connectivity index (χ0v) is 10.1. The minimum atomic E-state index is 0.202. The van der Waals surface area contributed by atoms with Crippen LogP contribution in [0.5, 0.6) is 0 Å². The van der Waals surface area contributed by atoms with Crippen LogP contribution in [0.1, 0.15) is 6.92 Å². The molecule has 1 aromatic carbocycles. The van der Waals surface area contributed by atoms with Gasteiger partial charge in [-0.05, 0) is 7.05 Å².